The number of hydrogen-bond acceptors (Lipinski definition) is 4. The summed E-state index contributed by atoms with van der Waals surface area (Å²) in [4.78, 5) is 1.56. The van der Waals surface area contributed by atoms with Crippen molar-refractivity contribution in [2.24, 2.45) is 0 Å². The predicted molar refractivity (Wildman–Crippen MR) is 89.2 cm³/mol. The molecule has 0 N–H and O–H groups in total. The molecule has 0 saturated carbocycles. The van der Waals surface area contributed by atoms with Crippen LogP contribution < -0.4 is 9.64 Å². The van der Waals surface area contributed by atoms with E-state index in [2.05, 4.69) is 10.2 Å². The molecule has 0 amide bonds. The van der Waals surface area contributed by atoms with Crippen LogP contribution >= 0.6 is 11.6 Å². The lowest BCUT2D eigenvalue weighted by Crippen LogP contribution is -2.35. The van der Waals surface area contributed by atoms with Gasteiger partial charge < -0.3 is 9.64 Å². The summed E-state index contributed by atoms with van der Waals surface area (Å²) >= 11 is 5.63. The SMILES string of the molecule is COc1cccc(F)c1C1CCN(c2cnnc(Cl)c2C(F)(F)F)CC1. The summed E-state index contributed by atoms with van der Waals surface area (Å²) in [5.74, 6) is -0.0533. The number of rotatable bonds is 3. The first-order valence-corrected chi connectivity index (χ1v) is 8.36. The van der Waals surface area contributed by atoms with Gasteiger partial charge in [0.05, 0.1) is 19.0 Å². The Balaban J connectivity index is 1.84. The molecule has 1 aliphatic heterocycles. The molecule has 26 heavy (non-hydrogen) atoms. The van der Waals surface area contributed by atoms with Crippen LogP contribution in [0.5, 0.6) is 5.75 Å². The minimum Gasteiger partial charge on any atom is -0.496 e. The van der Waals surface area contributed by atoms with Crippen molar-refractivity contribution in [3.05, 3.63) is 46.5 Å². The highest BCUT2D eigenvalue weighted by Gasteiger charge is 2.39. The minimum atomic E-state index is -4.63. The highest BCUT2D eigenvalue weighted by atomic mass is 35.5. The molecular formula is C17H16ClF4N3O. The summed E-state index contributed by atoms with van der Waals surface area (Å²) in [7, 11) is 1.47. The predicted octanol–water partition coefficient (Wildman–Crippen LogP) is 4.68. The molecule has 2 heterocycles. The first-order chi connectivity index (χ1) is 12.3. The van der Waals surface area contributed by atoms with Gasteiger partial charge in [0.15, 0.2) is 5.15 Å². The Bertz CT molecular complexity index is 792. The molecule has 0 bridgehead atoms. The first-order valence-electron chi connectivity index (χ1n) is 7.98. The zero-order chi connectivity index (χ0) is 18.9. The lowest BCUT2D eigenvalue weighted by molar-refractivity contribution is -0.137. The van der Waals surface area contributed by atoms with Gasteiger partial charge in [0.25, 0.3) is 0 Å². The van der Waals surface area contributed by atoms with Gasteiger partial charge in [-0.05, 0) is 30.9 Å². The van der Waals surface area contributed by atoms with Gasteiger partial charge in [-0.2, -0.15) is 18.3 Å². The van der Waals surface area contributed by atoms with Crippen molar-refractivity contribution in [1.29, 1.82) is 0 Å². The molecule has 1 fully saturated rings. The van der Waals surface area contributed by atoms with Crippen molar-refractivity contribution in [2.75, 3.05) is 25.1 Å². The Morgan fingerprint density at radius 3 is 2.54 bits per heavy atom. The molecule has 1 saturated heterocycles. The van der Waals surface area contributed by atoms with Crippen LogP contribution in [0.1, 0.15) is 29.9 Å². The van der Waals surface area contributed by atoms with E-state index in [0.29, 0.717) is 37.2 Å². The van der Waals surface area contributed by atoms with Crippen LogP contribution in [0.25, 0.3) is 0 Å². The van der Waals surface area contributed by atoms with E-state index >= 15 is 0 Å². The van der Waals surface area contributed by atoms with Gasteiger partial charge in [0, 0.05) is 18.7 Å². The monoisotopic (exact) mass is 389 g/mol. The Morgan fingerprint density at radius 2 is 1.92 bits per heavy atom. The molecule has 0 radical (unpaired) electrons. The van der Waals surface area contributed by atoms with E-state index in [1.165, 1.54) is 13.2 Å². The van der Waals surface area contributed by atoms with Crippen LogP contribution in [0.3, 0.4) is 0 Å². The van der Waals surface area contributed by atoms with Crippen LogP contribution in [0, 0.1) is 5.82 Å². The number of alkyl halides is 3. The molecule has 0 aliphatic carbocycles. The summed E-state index contributed by atoms with van der Waals surface area (Å²) in [5.41, 5.74) is -0.621. The summed E-state index contributed by atoms with van der Waals surface area (Å²) < 4.78 is 59.4. The summed E-state index contributed by atoms with van der Waals surface area (Å²) in [6.45, 7) is 0.626. The highest BCUT2D eigenvalue weighted by molar-refractivity contribution is 6.30. The molecule has 1 aromatic heterocycles. The Kier molecular flexibility index (Phi) is 5.22. The molecule has 9 heteroatoms. The Morgan fingerprint density at radius 1 is 1.23 bits per heavy atom. The summed E-state index contributed by atoms with van der Waals surface area (Å²) in [6, 6.07) is 4.60. The fourth-order valence-electron chi connectivity index (χ4n) is 3.36. The van der Waals surface area contributed by atoms with Crippen molar-refractivity contribution >= 4 is 17.3 Å². The van der Waals surface area contributed by atoms with E-state index in [-0.39, 0.29) is 17.4 Å². The van der Waals surface area contributed by atoms with Crippen LogP contribution in [0.2, 0.25) is 5.15 Å². The van der Waals surface area contributed by atoms with Crippen LogP contribution in [0.15, 0.2) is 24.4 Å². The number of anilines is 1. The number of aromatic nitrogens is 2. The molecule has 2 aromatic rings. The summed E-state index contributed by atoms with van der Waals surface area (Å²) in [5, 5.41) is 6.18. The molecule has 4 nitrogen and oxygen atoms in total. The number of halogens is 5. The van der Waals surface area contributed by atoms with Gasteiger partial charge in [-0.15, -0.1) is 5.10 Å². The van der Waals surface area contributed by atoms with Crippen molar-refractivity contribution in [2.45, 2.75) is 24.9 Å². The number of nitrogens with zero attached hydrogens (tertiary/aromatic N) is 3. The Labute approximate surface area is 152 Å². The number of ether oxygens (including phenoxy) is 1. The molecule has 0 spiro atoms. The molecular weight excluding hydrogens is 374 g/mol. The molecule has 140 valence electrons. The molecule has 1 aliphatic rings. The minimum absolute atomic E-state index is 0.101. The second kappa shape index (κ2) is 7.26. The van der Waals surface area contributed by atoms with Gasteiger partial charge in [0.1, 0.15) is 17.1 Å². The maximum Gasteiger partial charge on any atom is 0.421 e. The van der Waals surface area contributed by atoms with Crippen LogP contribution in [-0.2, 0) is 6.18 Å². The topological polar surface area (TPSA) is 38.2 Å². The van der Waals surface area contributed by atoms with Gasteiger partial charge >= 0.3 is 6.18 Å². The maximum atomic E-state index is 14.2. The third kappa shape index (κ3) is 3.56. The van der Waals surface area contributed by atoms with Gasteiger partial charge in [-0.1, -0.05) is 17.7 Å². The zero-order valence-corrected chi connectivity index (χ0v) is 14.6. The molecule has 1 aromatic carbocycles. The van der Waals surface area contributed by atoms with Gasteiger partial charge in [0.2, 0.25) is 0 Å². The second-order valence-corrected chi connectivity index (χ2v) is 6.37. The number of hydrogen-bond donors (Lipinski definition) is 0. The van der Waals surface area contributed by atoms with Crippen molar-refractivity contribution in [1.82, 2.24) is 10.2 Å². The number of piperidine rings is 1. The van der Waals surface area contributed by atoms with Crippen LogP contribution in [-0.4, -0.2) is 30.4 Å². The van der Waals surface area contributed by atoms with E-state index in [4.69, 9.17) is 16.3 Å². The lowest BCUT2D eigenvalue weighted by Gasteiger charge is -2.35. The van der Waals surface area contributed by atoms with Crippen LogP contribution in [0.4, 0.5) is 23.2 Å². The molecule has 0 unspecified atom stereocenters. The zero-order valence-electron chi connectivity index (χ0n) is 13.9. The van der Waals surface area contributed by atoms with Crippen molar-refractivity contribution < 1.29 is 22.3 Å². The first kappa shape index (κ1) is 18.7. The van der Waals surface area contributed by atoms with E-state index in [9.17, 15) is 17.6 Å². The third-order valence-electron chi connectivity index (χ3n) is 4.55. The quantitative estimate of drug-likeness (QED) is 0.714. The average Bonchev–Trinajstić information content (AvgIpc) is 2.60. The van der Waals surface area contributed by atoms with Gasteiger partial charge in [-0.25, -0.2) is 4.39 Å². The van der Waals surface area contributed by atoms with Gasteiger partial charge in [-0.3, -0.25) is 0 Å². The second-order valence-electron chi connectivity index (χ2n) is 6.01. The normalized spacial score (nSPS) is 16.0. The third-order valence-corrected chi connectivity index (χ3v) is 4.81. The van der Waals surface area contributed by atoms with E-state index in [1.807, 2.05) is 0 Å². The Hall–Kier alpha value is -2.09. The van der Waals surface area contributed by atoms with Crippen molar-refractivity contribution in [3.8, 4) is 5.75 Å². The van der Waals surface area contributed by atoms with E-state index in [0.717, 1.165) is 6.20 Å². The summed E-state index contributed by atoms with van der Waals surface area (Å²) in [6.07, 6.45) is -2.60. The molecule has 3 rings (SSSR count). The average molecular weight is 390 g/mol. The fraction of sp³-hybridized carbons (Fsp3) is 0.412. The largest absolute Gasteiger partial charge is 0.496 e. The van der Waals surface area contributed by atoms with E-state index < -0.39 is 16.9 Å². The smallest absolute Gasteiger partial charge is 0.421 e. The number of methoxy groups -OCH3 is 1. The molecule has 0 atom stereocenters. The van der Waals surface area contributed by atoms with Crippen molar-refractivity contribution in [3.63, 3.8) is 0 Å². The maximum absolute atomic E-state index is 14.2. The van der Waals surface area contributed by atoms with E-state index in [1.54, 1.807) is 17.0 Å². The standard InChI is InChI=1S/C17H16ClF4N3O/c1-26-13-4-2-3-11(19)14(13)10-5-7-25(8-6-10)12-9-23-24-16(18)15(12)17(20,21)22/h2-4,9-10H,5-8H2,1H3. The fourth-order valence-corrected chi connectivity index (χ4v) is 3.60. The number of benzene rings is 1. The highest BCUT2D eigenvalue weighted by Crippen LogP contribution is 2.42. The lowest BCUT2D eigenvalue weighted by atomic mass is 9.88.